The second-order valence-corrected chi connectivity index (χ2v) is 9.96. The van der Waals surface area contributed by atoms with Gasteiger partial charge in [0.05, 0.1) is 18.3 Å². The van der Waals surface area contributed by atoms with Crippen LogP contribution < -0.4 is 9.64 Å². The van der Waals surface area contributed by atoms with Gasteiger partial charge in [-0.2, -0.15) is 0 Å². The first-order valence-electron chi connectivity index (χ1n) is 13.7. The molecule has 3 heterocycles. The lowest BCUT2D eigenvalue weighted by atomic mass is 9.81. The summed E-state index contributed by atoms with van der Waals surface area (Å²) in [6.07, 6.45) is 9.46. The first-order chi connectivity index (χ1) is 17.7. The van der Waals surface area contributed by atoms with E-state index in [0.717, 1.165) is 42.8 Å². The SMILES string of the molecule is CC.COc1cc(N2CCN(C3CCC(c4cn(C)c5ccccc45)CC3)CC2)c2ncccc2c1. The number of nitrogens with zero attached hydrogens (tertiary/aromatic N) is 4. The molecule has 1 saturated carbocycles. The van der Waals surface area contributed by atoms with Crippen LogP contribution in [0.5, 0.6) is 5.75 Å². The summed E-state index contributed by atoms with van der Waals surface area (Å²) in [7, 11) is 3.92. The van der Waals surface area contributed by atoms with Crippen LogP contribution in [0.3, 0.4) is 0 Å². The van der Waals surface area contributed by atoms with Crippen molar-refractivity contribution >= 4 is 27.5 Å². The summed E-state index contributed by atoms with van der Waals surface area (Å²) in [5.41, 5.74) is 5.19. The molecule has 1 saturated heterocycles. The Kier molecular flexibility index (Phi) is 7.47. The number of aromatic nitrogens is 2. The highest BCUT2D eigenvalue weighted by Crippen LogP contribution is 2.39. The molecule has 0 bridgehead atoms. The Balaban J connectivity index is 0.00000130. The molecule has 0 unspecified atom stereocenters. The summed E-state index contributed by atoms with van der Waals surface area (Å²) in [4.78, 5) is 9.93. The maximum Gasteiger partial charge on any atom is 0.121 e. The molecule has 6 rings (SSSR count). The Morgan fingerprint density at radius 1 is 0.889 bits per heavy atom. The van der Waals surface area contributed by atoms with Crippen LogP contribution in [0.25, 0.3) is 21.8 Å². The zero-order valence-corrected chi connectivity index (χ0v) is 22.3. The number of aryl methyl sites for hydroxylation is 1. The van der Waals surface area contributed by atoms with Crippen molar-refractivity contribution in [1.29, 1.82) is 0 Å². The number of fused-ring (bicyclic) bond motifs is 2. The molecule has 0 spiro atoms. The topological polar surface area (TPSA) is 33.5 Å². The minimum atomic E-state index is 0.692. The minimum absolute atomic E-state index is 0.692. The van der Waals surface area contributed by atoms with Crippen molar-refractivity contribution in [2.24, 2.45) is 7.05 Å². The first kappa shape index (κ1) is 24.6. The molecule has 2 fully saturated rings. The third-order valence-corrected chi connectivity index (χ3v) is 8.13. The Bertz CT molecular complexity index is 1300. The van der Waals surface area contributed by atoms with Gasteiger partial charge in [0.1, 0.15) is 5.75 Å². The van der Waals surface area contributed by atoms with Crippen molar-refractivity contribution in [3.05, 3.63) is 66.5 Å². The number of rotatable bonds is 4. The first-order valence-corrected chi connectivity index (χ1v) is 13.7. The molecule has 2 aliphatic rings. The van der Waals surface area contributed by atoms with Gasteiger partial charge in [-0.3, -0.25) is 9.88 Å². The van der Waals surface area contributed by atoms with Crippen LogP contribution in [0.4, 0.5) is 5.69 Å². The van der Waals surface area contributed by atoms with Crippen molar-refractivity contribution < 1.29 is 4.74 Å². The van der Waals surface area contributed by atoms with E-state index in [9.17, 15) is 0 Å². The molecule has 1 aliphatic heterocycles. The van der Waals surface area contributed by atoms with Gasteiger partial charge in [0.25, 0.3) is 0 Å². The van der Waals surface area contributed by atoms with Crippen molar-refractivity contribution in [2.75, 3.05) is 38.2 Å². The van der Waals surface area contributed by atoms with Crippen LogP contribution in [0, 0.1) is 0 Å². The van der Waals surface area contributed by atoms with Gasteiger partial charge in [-0.25, -0.2) is 0 Å². The normalized spacial score (nSPS) is 20.8. The summed E-state index contributed by atoms with van der Waals surface area (Å²) < 4.78 is 7.88. The zero-order valence-electron chi connectivity index (χ0n) is 22.3. The van der Waals surface area contributed by atoms with Crippen molar-refractivity contribution in [1.82, 2.24) is 14.5 Å². The van der Waals surface area contributed by atoms with Gasteiger partial charge in [0, 0.05) is 74.0 Å². The van der Waals surface area contributed by atoms with E-state index in [1.54, 1.807) is 12.7 Å². The molecule has 0 atom stereocenters. The maximum absolute atomic E-state index is 5.58. The highest BCUT2D eigenvalue weighted by molar-refractivity contribution is 5.92. The van der Waals surface area contributed by atoms with Crippen LogP contribution >= 0.6 is 0 Å². The van der Waals surface area contributed by atoms with Gasteiger partial charge in [0.2, 0.25) is 0 Å². The molecule has 0 radical (unpaired) electrons. The Morgan fingerprint density at radius 3 is 2.39 bits per heavy atom. The van der Waals surface area contributed by atoms with Crippen LogP contribution in [0.2, 0.25) is 0 Å². The summed E-state index contributed by atoms with van der Waals surface area (Å²) in [5.74, 6) is 1.60. The number of hydrogen-bond acceptors (Lipinski definition) is 4. The molecular weight excluding hydrogens is 444 g/mol. The lowest BCUT2D eigenvalue weighted by Gasteiger charge is -2.42. The van der Waals surface area contributed by atoms with E-state index in [1.807, 2.05) is 26.1 Å². The number of anilines is 1. The smallest absolute Gasteiger partial charge is 0.121 e. The summed E-state index contributed by atoms with van der Waals surface area (Å²) in [5, 5.41) is 2.59. The average Bonchev–Trinajstić information content (AvgIpc) is 3.30. The monoisotopic (exact) mass is 484 g/mol. The fourth-order valence-corrected chi connectivity index (χ4v) is 6.28. The lowest BCUT2D eigenvalue weighted by Crippen LogP contribution is -2.51. The van der Waals surface area contributed by atoms with Gasteiger partial charge in [-0.15, -0.1) is 0 Å². The number of ether oxygens (including phenoxy) is 1. The van der Waals surface area contributed by atoms with Gasteiger partial charge in [-0.1, -0.05) is 38.1 Å². The molecule has 190 valence electrons. The summed E-state index contributed by atoms with van der Waals surface area (Å²) in [6, 6.07) is 17.9. The zero-order chi connectivity index (χ0) is 25.1. The number of methoxy groups -OCH3 is 1. The largest absolute Gasteiger partial charge is 0.497 e. The second kappa shape index (κ2) is 10.9. The fraction of sp³-hybridized carbons (Fsp3) is 0.452. The minimum Gasteiger partial charge on any atom is -0.497 e. The van der Waals surface area contributed by atoms with E-state index in [0.29, 0.717) is 12.0 Å². The third-order valence-electron chi connectivity index (χ3n) is 8.13. The number of piperazine rings is 1. The highest BCUT2D eigenvalue weighted by atomic mass is 16.5. The Morgan fingerprint density at radius 2 is 1.64 bits per heavy atom. The van der Waals surface area contributed by atoms with E-state index in [4.69, 9.17) is 4.74 Å². The molecule has 36 heavy (non-hydrogen) atoms. The molecule has 0 N–H and O–H groups in total. The molecule has 5 nitrogen and oxygen atoms in total. The molecule has 0 amide bonds. The summed E-state index contributed by atoms with van der Waals surface area (Å²) in [6.45, 7) is 8.33. The van der Waals surface area contributed by atoms with Crippen LogP contribution in [-0.2, 0) is 7.05 Å². The average molecular weight is 485 g/mol. The molecular formula is C31H40N4O. The van der Waals surface area contributed by atoms with Gasteiger partial charge < -0.3 is 14.2 Å². The van der Waals surface area contributed by atoms with Gasteiger partial charge >= 0.3 is 0 Å². The van der Waals surface area contributed by atoms with E-state index in [1.165, 1.54) is 42.3 Å². The van der Waals surface area contributed by atoms with Crippen LogP contribution in [0.1, 0.15) is 51.0 Å². The van der Waals surface area contributed by atoms with E-state index < -0.39 is 0 Å². The Hall–Kier alpha value is -3.05. The highest BCUT2D eigenvalue weighted by Gasteiger charge is 2.30. The maximum atomic E-state index is 5.58. The van der Waals surface area contributed by atoms with E-state index in [2.05, 4.69) is 75.1 Å². The van der Waals surface area contributed by atoms with Crippen LogP contribution in [-0.4, -0.2) is 53.8 Å². The quantitative estimate of drug-likeness (QED) is 0.326. The van der Waals surface area contributed by atoms with Crippen molar-refractivity contribution in [2.45, 2.75) is 51.5 Å². The van der Waals surface area contributed by atoms with E-state index >= 15 is 0 Å². The van der Waals surface area contributed by atoms with Crippen LogP contribution in [0.15, 0.2) is 60.9 Å². The standard InChI is InChI=1S/C29H34N4O.C2H6/c1-31-20-26(25-7-3-4-8-27(25)31)21-9-11-23(12-10-21)32-14-16-33(17-15-32)28-19-24(34-2)18-22-6-5-13-30-29(22)28;1-2/h3-8,13,18-21,23H,9-12,14-17H2,1-2H3;1-2H3. The summed E-state index contributed by atoms with van der Waals surface area (Å²) >= 11 is 0. The second-order valence-electron chi connectivity index (χ2n) is 9.96. The van der Waals surface area contributed by atoms with Gasteiger partial charge in [-0.05, 0) is 55.4 Å². The Labute approximate surface area is 215 Å². The third kappa shape index (κ3) is 4.69. The number of hydrogen-bond donors (Lipinski definition) is 0. The van der Waals surface area contributed by atoms with Gasteiger partial charge in [0.15, 0.2) is 0 Å². The lowest BCUT2D eigenvalue weighted by molar-refractivity contribution is 0.141. The predicted octanol–water partition coefficient (Wildman–Crippen LogP) is 6.61. The number of pyridine rings is 1. The van der Waals surface area contributed by atoms with Crippen molar-refractivity contribution in [3.8, 4) is 5.75 Å². The van der Waals surface area contributed by atoms with E-state index in [-0.39, 0.29) is 0 Å². The predicted molar refractivity (Wildman–Crippen MR) is 151 cm³/mol. The molecule has 4 aromatic rings. The number of para-hydroxylation sites is 1. The molecule has 1 aliphatic carbocycles. The molecule has 2 aromatic carbocycles. The number of benzene rings is 2. The molecule has 5 heteroatoms. The fourth-order valence-electron chi connectivity index (χ4n) is 6.28. The van der Waals surface area contributed by atoms with Crippen molar-refractivity contribution in [3.63, 3.8) is 0 Å². The molecule has 2 aromatic heterocycles.